The fraction of sp³-hybridized carbons (Fsp3) is 0.905. The Kier molecular flexibility index (Phi) is 5.68. The van der Waals surface area contributed by atoms with Gasteiger partial charge < -0.3 is 0 Å². The lowest BCUT2D eigenvalue weighted by Gasteiger charge is -2.30. The van der Waals surface area contributed by atoms with Crippen LogP contribution < -0.4 is 0 Å². The normalized spacial score (nSPS) is 38.0. The van der Waals surface area contributed by atoms with Gasteiger partial charge in [-0.05, 0) is 69.1 Å². The smallest absolute Gasteiger partial charge is 0.0203 e. The summed E-state index contributed by atoms with van der Waals surface area (Å²) >= 11 is 0. The third-order valence-corrected chi connectivity index (χ3v) is 6.75. The Bertz CT molecular complexity index is 349. The van der Waals surface area contributed by atoms with E-state index in [1.807, 2.05) is 0 Å². The van der Waals surface area contributed by atoms with E-state index >= 15 is 0 Å². The van der Waals surface area contributed by atoms with Crippen LogP contribution in [0.3, 0.4) is 0 Å². The SMILES string of the molecule is CCC1CCC(C#CC2CCC(C3CCCC3)CC2)CC1. The number of hydrogen-bond donors (Lipinski definition) is 0. The molecule has 21 heavy (non-hydrogen) atoms. The van der Waals surface area contributed by atoms with E-state index < -0.39 is 0 Å². The van der Waals surface area contributed by atoms with Gasteiger partial charge in [0.15, 0.2) is 0 Å². The molecular formula is C21H34. The molecule has 0 saturated heterocycles. The predicted molar refractivity (Wildman–Crippen MR) is 90.9 cm³/mol. The second-order valence-electron chi connectivity index (χ2n) is 8.07. The van der Waals surface area contributed by atoms with Crippen LogP contribution >= 0.6 is 0 Å². The molecule has 0 N–H and O–H groups in total. The summed E-state index contributed by atoms with van der Waals surface area (Å²) in [6.45, 7) is 2.35. The summed E-state index contributed by atoms with van der Waals surface area (Å²) in [6, 6.07) is 0. The molecule has 0 aromatic rings. The molecule has 0 aliphatic heterocycles. The van der Waals surface area contributed by atoms with Gasteiger partial charge in [0.1, 0.15) is 0 Å². The monoisotopic (exact) mass is 286 g/mol. The Morgan fingerprint density at radius 3 is 1.62 bits per heavy atom. The Labute approximate surface area is 132 Å². The van der Waals surface area contributed by atoms with Crippen molar-refractivity contribution >= 4 is 0 Å². The zero-order valence-corrected chi connectivity index (χ0v) is 14.1. The van der Waals surface area contributed by atoms with Crippen LogP contribution in [-0.2, 0) is 0 Å². The summed E-state index contributed by atoms with van der Waals surface area (Å²) in [5.41, 5.74) is 0. The minimum absolute atomic E-state index is 0.736. The Morgan fingerprint density at radius 2 is 1.10 bits per heavy atom. The Balaban J connectivity index is 1.40. The first kappa shape index (κ1) is 15.5. The predicted octanol–water partition coefficient (Wildman–Crippen LogP) is 6.20. The van der Waals surface area contributed by atoms with Gasteiger partial charge in [0, 0.05) is 11.8 Å². The van der Waals surface area contributed by atoms with Crippen molar-refractivity contribution in [1.82, 2.24) is 0 Å². The molecule has 0 heteroatoms. The van der Waals surface area contributed by atoms with Crippen molar-refractivity contribution < 1.29 is 0 Å². The fourth-order valence-electron chi connectivity index (χ4n) is 5.11. The molecule has 0 amide bonds. The molecule has 3 aliphatic rings. The maximum Gasteiger partial charge on any atom is 0.0203 e. The summed E-state index contributed by atoms with van der Waals surface area (Å²) in [5.74, 6) is 12.0. The van der Waals surface area contributed by atoms with Gasteiger partial charge >= 0.3 is 0 Å². The van der Waals surface area contributed by atoms with Gasteiger partial charge in [-0.2, -0.15) is 0 Å². The van der Waals surface area contributed by atoms with Crippen molar-refractivity contribution in [3.05, 3.63) is 0 Å². The summed E-state index contributed by atoms with van der Waals surface area (Å²) in [5, 5.41) is 0. The molecule has 0 atom stereocenters. The second-order valence-corrected chi connectivity index (χ2v) is 8.07. The first-order valence-corrected chi connectivity index (χ1v) is 9.86. The topological polar surface area (TPSA) is 0 Å². The lowest BCUT2D eigenvalue weighted by Crippen LogP contribution is -2.19. The van der Waals surface area contributed by atoms with E-state index in [4.69, 9.17) is 0 Å². The van der Waals surface area contributed by atoms with Crippen molar-refractivity contribution in [1.29, 1.82) is 0 Å². The van der Waals surface area contributed by atoms with Gasteiger partial charge in [-0.3, -0.25) is 0 Å². The highest BCUT2D eigenvalue weighted by molar-refractivity contribution is 5.09. The molecule has 118 valence electrons. The summed E-state index contributed by atoms with van der Waals surface area (Å²) in [4.78, 5) is 0. The van der Waals surface area contributed by atoms with Crippen molar-refractivity contribution in [3.8, 4) is 11.8 Å². The van der Waals surface area contributed by atoms with Crippen LogP contribution in [0.25, 0.3) is 0 Å². The maximum atomic E-state index is 3.69. The summed E-state index contributed by atoms with van der Waals surface area (Å²) in [7, 11) is 0. The van der Waals surface area contributed by atoms with Crippen LogP contribution in [0, 0.1) is 41.4 Å². The molecule has 3 saturated carbocycles. The minimum atomic E-state index is 0.736. The van der Waals surface area contributed by atoms with Crippen molar-refractivity contribution in [2.75, 3.05) is 0 Å². The molecular weight excluding hydrogens is 252 g/mol. The number of rotatable bonds is 2. The zero-order valence-electron chi connectivity index (χ0n) is 14.1. The van der Waals surface area contributed by atoms with Crippen LogP contribution in [0.2, 0.25) is 0 Å². The average Bonchev–Trinajstić information content (AvgIpc) is 3.08. The van der Waals surface area contributed by atoms with Gasteiger partial charge in [0.2, 0.25) is 0 Å². The second kappa shape index (κ2) is 7.71. The van der Waals surface area contributed by atoms with E-state index in [1.165, 1.54) is 83.5 Å². The van der Waals surface area contributed by atoms with Gasteiger partial charge in [-0.1, -0.05) is 50.9 Å². The fourth-order valence-corrected chi connectivity index (χ4v) is 5.11. The molecule has 3 aliphatic carbocycles. The molecule has 0 nitrogen and oxygen atoms in total. The van der Waals surface area contributed by atoms with Crippen LogP contribution in [0.4, 0.5) is 0 Å². The average molecular weight is 287 g/mol. The van der Waals surface area contributed by atoms with Gasteiger partial charge in [0.05, 0.1) is 0 Å². The molecule has 0 spiro atoms. The molecule has 0 unspecified atom stereocenters. The van der Waals surface area contributed by atoms with Gasteiger partial charge in [-0.25, -0.2) is 0 Å². The molecule has 0 radical (unpaired) electrons. The standard InChI is InChI=1S/C21H34/c1-2-17-7-9-18(10-8-17)11-12-19-13-15-21(16-14-19)20-5-3-4-6-20/h17-21H,2-10,13-16H2,1H3. The largest absolute Gasteiger partial charge is 0.0996 e. The molecule has 0 heterocycles. The highest BCUT2D eigenvalue weighted by Gasteiger charge is 2.28. The van der Waals surface area contributed by atoms with Crippen LogP contribution in [0.5, 0.6) is 0 Å². The lowest BCUT2D eigenvalue weighted by molar-refractivity contribution is 0.229. The third kappa shape index (κ3) is 4.28. The van der Waals surface area contributed by atoms with E-state index in [1.54, 1.807) is 0 Å². The summed E-state index contributed by atoms with van der Waals surface area (Å²) < 4.78 is 0. The van der Waals surface area contributed by atoms with Crippen LogP contribution in [0.15, 0.2) is 0 Å². The van der Waals surface area contributed by atoms with Crippen LogP contribution in [0.1, 0.15) is 90.4 Å². The molecule has 3 fully saturated rings. The highest BCUT2D eigenvalue weighted by Crippen LogP contribution is 2.40. The van der Waals surface area contributed by atoms with Crippen molar-refractivity contribution in [2.24, 2.45) is 29.6 Å². The summed E-state index contributed by atoms with van der Waals surface area (Å²) in [6.07, 6.45) is 18.8. The van der Waals surface area contributed by atoms with Crippen LogP contribution in [-0.4, -0.2) is 0 Å². The molecule has 0 aromatic carbocycles. The molecule has 0 aromatic heterocycles. The third-order valence-electron chi connectivity index (χ3n) is 6.75. The Morgan fingerprint density at radius 1 is 0.619 bits per heavy atom. The van der Waals surface area contributed by atoms with E-state index in [9.17, 15) is 0 Å². The quantitative estimate of drug-likeness (QED) is 0.530. The highest BCUT2D eigenvalue weighted by atomic mass is 14.3. The van der Waals surface area contributed by atoms with E-state index in [0.29, 0.717) is 0 Å². The zero-order chi connectivity index (χ0) is 14.5. The number of hydrogen-bond acceptors (Lipinski definition) is 0. The van der Waals surface area contributed by atoms with Gasteiger partial charge in [-0.15, -0.1) is 0 Å². The van der Waals surface area contributed by atoms with E-state index in [2.05, 4.69) is 18.8 Å². The minimum Gasteiger partial charge on any atom is -0.0996 e. The van der Waals surface area contributed by atoms with Crippen molar-refractivity contribution in [3.63, 3.8) is 0 Å². The first-order chi connectivity index (χ1) is 10.3. The maximum absolute atomic E-state index is 3.69. The van der Waals surface area contributed by atoms with E-state index in [-0.39, 0.29) is 0 Å². The first-order valence-electron chi connectivity index (χ1n) is 9.86. The van der Waals surface area contributed by atoms with Gasteiger partial charge in [0.25, 0.3) is 0 Å². The Hall–Kier alpha value is -0.440. The molecule has 0 bridgehead atoms. The van der Waals surface area contributed by atoms with Crippen molar-refractivity contribution in [2.45, 2.75) is 90.4 Å². The molecule has 3 rings (SSSR count). The van der Waals surface area contributed by atoms with E-state index in [0.717, 1.165) is 29.6 Å². The lowest BCUT2D eigenvalue weighted by atomic mass is 9.75.